The van der Waals surface area contributed by atoms with E-state index < -0.39 is 12.0 Å². The lowest BCUT2D eigenvalue weighted by atomic mass is 10.3. The second-order valence-electron chi connectivity index (χ2n) is 1.67. The fourth-order valence-corrected chi connectivity index (χ4v) is 0.390. The fraction of sp³-hybridized carbons (Fsp3) is 0.167. The second-order valence-corrected chi connectivity index (χ2v) is 1.67. The number of amides is 2. The fourth-order valence-electron chi connectivity index (χ4n) is 0.390. The summed E-state index contributed by atoms with van der Waals surface area (Å²) in [5.74, 6) is -0.828. The van der Waals surface area contributed by atoms with Crippen LogP contribution in [0.15, 0.2) is 11.8 Å². The Hall–Kier alpha value is -2.03. The van der Waals surface area contributed by atoms with Crippen LogP contribution >= 0.6 is 0 Å². The molecule has 12 heavy (non-hydrogen) atoms. The van der Waals surface area contributed by atoms with Crippen molar-refractivity contribution >= 4 is 12.0 Å². The third-order valence-electron chi connectivity index (χ3n) is 0.885. The Morgan fingerprint density at radius 3 is 2.58 bits per heavy atom. The molecule has 0 radical (unpaired) electrons. The minimum absolute atomic E-state index is 0.323. The van der Waals surface area contributed by atoms with Gasteiger partial charge in [0.05, 0.1) is 7.11 Å². The summed E-state index contributed by atoms with van der Waals surface area (Å²) in [6.07, 6.45) is 0.883. The number of rotatable bonds is 2. The quantitative estimate of drug-likeness (QED) is 0.322. The molecule has 0 unspecified atom stereocenters. The third kappa shape index (κ3) is 3.22. The number of methoxy groups -OCH3 is 1. The maximum absolute atomic E-state index is 10.7. The normalized spacial score (nSPS) is 9.83. The molecule has 0 rings (SSSR count). The van der Waals surface area contributed by atoms with E-state index >= 15 is 0 Å². The van der Waals surface area contributed by atoms with Gasteiger partial charge in [0.2, 0.25) is 0 Å². The predicted molar refractivity (Wildman–Crippen MR) is 38.4 cm³/mol. The summed E-state index contributed by atoms with van der Waals surface area (Å²) in [6, 6.07) is 0.669. The number of nitrogens with one attached hydrogen (secondary N) is 1. The van der Waals surface area contributed by atoms with E-state index in [4.69, 9.17) is 5.26 Å². The Morgan fingerprint density at radius 1 is 1.67 bits per heavy atom. The number of nitrogens with two attached hydrogens (primary N) is 1. The van der Waals surface area contributed by atoms with Gasteiger partial charge in [0.15, 0.2) is 5.57 Å². The first kappa shape index (κ1) is 9.97. The molecule has 0 saturated carbocycles. The number of ether oxygens (including phenoxy) is 1. The molecule has 0 aliphatic rings. The average Bonchev–Trinajstić information content (AvgIpc) is 2.04. The molecule has 0 spiro atoms. The van der Waals surface area contributed by atoms with Gasteiger partial charge >= 0.3 is 12.0 Å². The summed E-state index contributed by atoms with van der Waals surface area (Å²) in [7, 11) is 1.12. The number of primary amides is 1. The summed E-state index contributed by atoms with van der Waals surface area (Å²) in [5.41, 5.74) is 4.36. The highest BCUT2D eigenvalue weighted by Crippen LogP contribution is 1.92. The van der Waals surface area contributed by atoms with Crippen LogP contribution in [0.2, 0.25) is 0 Å². The minimum atomic E-state index is -0.855. The van der Waals surface area contributed by atoms with E-state index in [9.17, 15) is 9.59 Å². The topological polar surface area (TPSA) is 105 Å². The number of urea groups is 1. The van der Waals surface area contributed by atoms with E-state index in [1.54, 1.807) is 0 Å². The molecular formula is C6H7N3O3. The number of hydrogen-bond acceptors (Lipinski definition) is 4. The van der Waals surface area contributed by atoms with Gasteiger partial charge in [0.1, 0.15) is 6.07 Å². The van der Waals surface area contributed by atoms with Gasteiger partial charge in [-0.15, -0.1) is 0 Å². The zero-order chi connectivity index (χ0) is 9.56. The van der Waals surface area contributed by atoms with Crippen molar-refractivity contribution in [2.75, 3.05) is 7.11 Å². The van der Waals surface area contributed by atoms with Crippen molar-refractivity contribution in [1.82, 2.24) is 5.32 Å². The lowest BCUT2D eigenvalue weighted by Gasteiger charge is -1.95. The molecule has 0 aromatic heterocycles. The Labute approximate surface area is 68.6 Å². The number of nitrogens with zero attached hydrogens (tertiary/aromatic N) is 1. The molecule has 0 saturated heterocycles. The molecule has 6 nitrogen and oxygen atoms in total. The minimum Gasteiger partial charge on any atom is -0.465 e. The Bertz CT molecular complexity index is 264. The van der Waals surface area contributed by atoms with Crippen LogP contribution in [0.1, 0.15) is 0 Å². The van der Waals surface area contributed by atoms with Crippen LogP contribution < -0.4 is 11.1 Å². The maximum Gasteiger partial charge on any atom is 0.350 e. The summed E-state index contributed by atoms with van der Waals surface area (Å²) >= 11 is 0. The van der Waals surface area contributed by atoms with Gasteiger partial charge in [-0.25, -0.2) is 9.59 Å². The van der Waals surface area contributed by atoms with Crippen molar-refractivity contribution < 1.29 is 14.3 Å². The molecule has 0 aliphatic heterocycles. The van der Waals surface area contributed by atoms with Gasteiger partial charge in [-0.2, -0.15) is 5.26 Å². The Kier molecular flexibility index (Phi) is 3.93. The van der Waals surface area contributed by atoms with Crippen LogP contribution in [0.3, 0.4) is 0 Å². The van der Waals surface area contributed by atoms with E-state index in [0.717, 1.165) is 13.3 Å². The Balaban J connectivity index is 4.36. The van der Waals surface area contributed by atoms with Crippen molar-refractivity contribution in [3.05, 3.63) is 11.8 Å². The number of esters is 1. The number of carbonyl (C=O) groups excluding carboxylic acids is 2. The standard InChI is InChI=1S/C6H7N3O3/c1-12-5(10)4(2-7)3-9-6(8)11/h3H,1H3,(H3,8,9,11)/b4-3+. The number of hydrogen-bond donors (Lipinski definition) is 2. The first-order valence-electron chi connectivity index (χ1n) is 2.86. The summed E-state index contributed by atoms with van der Waals surface area (Å²) < 4.78 is 4.21. The maximum atomic E-state index is 10.7. The first-order valence-corrected chi connectivity index (χ1v) is 2.86. The van der Waals surface area contributed by atoms with Crippen molar-refractivity contribution in [2.45, 2.75) is 0 Å². The molecule has 0 aliphatic carbocycles. The van der Waals surface area contributed by atoms with Crippen LogP contribution in [0, 0.1) is 11.3 Å². The smallest absolute Gasteiger partial charge is 0.350 e. The molecule has 0 bridgehead atoms. The third-order valence-corrected chi connectivity index (χ3v) is 0.885. The van der Waals surface area contributed by atoms with Gasteiger partial charge in [0.25, 0.3) is 0 Å². The molecule has 0 fully saturated rings. The zero-order valence-corrected chi connectivity index (χ0v) is 6.33. The second kappa shape index (κ2) is 4.73. The van der Waals surface area contributed by atoms with Crippen LogP contribution in [0.4, 0.5) is 4.79 Å². The van der Waals surface area contributed by atoms with Crippen LogP contribution in [0.25, 0.3) is 0 Å². The monoisotopic (exact) mass is 169 g/mol. The van der Waals surface area contributed by atoms with Gasteiger partial charge in [0, 0.05) is 6.20 Å². The first-order chi connectivity index (χ1) is 5.61. The highest BCUT2D eigenvalue weighted by Gasteiger charge is 2.07. The van der Waals surface area contributed by atoms with E-state index in [1.165, 1.54) is 6.07 Å². The molecule has 6 heteroatoms. The van der Waals surface area contributed by atoms with E-state index in [2.05, 4.69) is 10.5 Å². The van der Waals surface area contributed by atoms with Crippen LogP contribution in [-0.2, 0) is 9.53 Å². The molecule has 0 aromatic carbocycles. The van der Waals surface area contributed by atoms with Gasteiger partial charge in [-0.05, 0) is 0 Å². The molecule has 0 atom stereocenters. The van der Waals surface area contributed by atoms with Gasteiger partial charge < -0.3 is 15.8 Å². The SMILES string of the molecule is COC(=O)/C(C#N)=C/NC(N)=O. The summed E-state index contributed by atoms with van der Waals surface area (Å²) in [6.45, 7) is 0. The number of carbonyl (C=O) groups is 2. The Morgan fingerprint density at radius 2 is 2.25 bits per heavy atom. The summed E-state index contributed by atoms with van der Waals surface area (Å²) in [4.78, 5) is 20.8. The molecule has 0 aromatic rings. The molecule has 64 valence electrons. The van der Waals surface area contributed by atoms with Crippen molar-refractivity contribution in [3.8, 4) is 6.07 Å². The predicted octanol–water partition coefficient (Wildman–Crippen LogP) is -0.765. The van der Waals surface area contributed by atoms with Crippen molar-refractivity contribution in [2.24, 2.45) is 5.73 Å². The highest BCUT2D eigenvalue weighted by atomic mass is 16.5. The highest BCUT2D eigenvalue weighted by molar-refractivity contribution is 5.93. The largest absolute Gasteiger partial charge is 0.465 e. The van der Waals surface area contributed by atoms with E-state index in [-0.39, 0.29) is 5.57 Å². The van der Waals surface area contributed by atoms with Crippen LogP contribution in [0.5, 0.6) is 0 Å². The lowest BCUT2D eigenvalue weighted by Crippen LogP contribution is -2.25. The molecule has 2 amide bonds. The summed E-state index contributed by atoms with van der Waals surface area (Å²) in [5, 5.41) is 10.3. The number of nitriles is 1. The lowest BCUT2D eigenvalue weighted by molar-refractivity contribution is -0.135. The molecular weight excluding hydrogens is 162 g/mol. The van der Waals surface area contributed by atoms with Gasteiger partial charge in [-0.3, -0.25) is 0 Å². The van der Waals surface area contributed by atoms with Gasteiger partial charge in [-0.1, -0.05) is 0 Å². The van der Waals surface area contributed by atoms with Crippen molar-refractivity contribution in [3.63, 3.8) is 0 Å². The van der Waals surface area contributed by atoms with Crippen molar-refractivity contribution in [1.29, 1.82) is 5.26 Å². The zero-order valence-electron chi connectivity index (χ0n) is 6.33. The molecule has 3 N–H and O–H groups in total. The average molecular weight is 169 g/mol. The van der Waals surface area contributed by atoms with Crippen LogP contribution in [-0.4, -0.2) is 19.1 Å². The van der Waals surface area contributed by atoms with E-state index in [0.29, 0.717) is 0 Å². The molecule has 0 heterocycles. The van der Waals surface area contributed by atoms with E-state index in [1.807, 2.05) is 5.32 Å².